The molecule has 5 heteroatoms. The number of hydrogen-bond donors (Lipinski definition) is 0. The molecule has 1 aliphatic rings. The van der Waals surface area contributed by atoms with Gasteiger partial charge in [-0.25, -0.2) is 9.18 Å². The van der Waals surface area contributed by atoms with E-state index in [4.69, 9.17) is 9.47 Å². The second kappa shape index (κ2) is 4.00. The van der Waals surface area contributed by atoms with Crippen LogP contribution in [0.25, 0.3) is 0 Å². The van der Waals surface area contributed by atoms with E-state index in [0.717, 1.165) is 0 Å². The van der Waals surface area contributed by atoms with Gasteiger partial charge in [0.2, 0.25) is 0 Å². The van der Waals surface area contributed by atoms with Gasteiger partial charge in [-0.1, -0.05) is 6.07 Å². The lowest BCUT2D eigenvalue weighted by Crippen LogP contribution is -2.19. The van der Waals surface area contributed by atoms with Crippen molar-refractivity contribution >= 4 is 5.97 Å². The van der Waals surface area contributed by atoms with Crippen molar-refractivity contribution < 1.29 is 23.4 Å². The summed E-state index contributed by atoms with van der Waals surface area (Å²) in [4.78, 5) is 11.4. The van der Waals surface area contributed by atoms with Crippen molar-refractivity contribution in [2.75, 3.05) is 14.2 Å². The van der Waals surface area contributed by atoms with Gasteiger partial charge >= 0.3 is 5.97 Å². The molecule has 0 saturated carbocycles. The van der Waals surface area contributed by atoms with Gasteiger partial charge in [0.1, 0.15) is 17.2 Å². The lowest BCUT2D eigenvalue weighted by Gasteiger charge is -2.12. The van der Waals surface area contributed by atoms with Crippen molar-refractivity contribution in [3.05, 3.63) is 29.6 Å². The fourth-order valence-corrected chi connectivity index (χ4v) is 1.94. The highest BCUT2D eigenvalue weighted by Crippen LogP contribution is 2.50. The van der Waals surface area contributed by atoms with Crippen LogP contribution in [0.3, 0.4) is 0 Å². The first-order valence-corrected chi connectivity index (χ1v) is 5.13. The molecule has 4 nitrogen and oxygen atoms in total. The van der Waals surface area contributed by atoms with Gasteiger partial charge in [0.05, 0.1) is 19.8 Å². The molecule has 92 valence electrons. The summed E-state index contributed by atoms with van der Waals surface area (Å²) in [5.74, 6) is -0.616. The maximum atomic E-state index is 13.8. The third-order valence-corrected chi connectivity index (χ3v) is 2.91. The van der Waals surface area contributed by atoms with Crippen molar-refractivity contribution in [2.24, 2.45) is 0 Å². The van der Waals surface area contributed by atoms with Crippen LogP contribution in [0.2, 0.25) is 0 Å². The predicted octanol–water partition coefficient (Wildman–Crippen LogP) is 1.62. The number of ether oxygens (including phenoxy) is 3. The van der Waals surface area contributed by atoms with E-state index in [1.165, 1.54) is 26.4 Å². The minimum atomic E-state index is -1.01. The van der Waals surface area contributed by atoms with E-state index in [1.54, 1.807) is 13.0 Å². The van der Waals surface area contributed by atoms with Crippen LogP contribution < -0.4 is 4.74 Å². The van der Waals surface area contributed by atoms with Gasteiger partial charge in [-0.05, 0) is 19.1 Å². The van der Waals surface area contributed by atoms with Crippen molar-refractivity contribution in [3.8, 4) is 5.75 Å². The molecule has 1 aliphatic heterocycles. The summed E-state index contributed by atoms with van der Waals surface area (Å²) in [5, 5.41) is 0. The van der Waals surface area contributed by atoms with Crippen LogP contribution in [0.15, 0.2) is 18.2 Å². The quantitative estimate of drug-likeness (QED) is 0.595. The Bertz CT molecular complexity index is 460. The van der Waals surface area contributed by atoms with Crippen molar-refractivity contribution in [1.82, 2.24) is 0 Å². The smallest absolute Gasteiger partial charge is 0.338 e. The number of esters is 1. The van der Waals surface area contributed by atoms with Crippen LogP contribution in [-0.2, 0) is 19.9 Å². The zero-order chi connectivity index (χ0) is 12.6. The Morgan fingerprint density at radius 2 is 2.18 bits per heavy atom. The van der Waals surface area contributed by atoms with Gasteiger partial charge in [-0.3, -0.25) is 0 Å². The van der Waals surface area contributed by atoms with Crippen LogP contribution >= 0.6 is 0 Å². The Kier molecular flexibility index (Phi) is 2.79. The standard InChI is InChI=1S/C12H13FO4/c1-12(10(17-12)11(14)16-3)9-7(13)5-4-6-8(9)15-2/h4-6,10H,1-3H3. The minimum absolute atomic E-state index is 0.248. The number of carbonyl (C=O) groups excluding carboxylic acids is 1. The Morgan fingerprint density at radius 1 is 1.47 bits per heavy atom. The molecule has 1 aromatic rings. The van der Waals surface area contributed by atoms with Gasteiger partial charge in [-0.2, -0.15) is 0 Å². The molecule has 0 amide bonds. The summed E-state index contributed by atoms with van der Waals surface area (Å²) in [5.41, 5.74) is -0.762. The Balaban J connectivity index is 2.39. The highest BCUT2D eigenvalue weighted by Gasteiger charge is 2.61. The number of benzene rings is 1. The van der Waals surface area contributed by atoms with E-state index in [9.17, 15) is 9.18 Å². The molecule has 1 aromatic carbocycles. The maximum absolute atomic E-state index is 13.8. The van der Waals surface area contributed by atoms with E-state index < -0.39 is 23.5 Å². The topological polar surface area (TPSA) is 48.1 Å². The molecule has 0 bridgehead atoms. The first-order chi connectivity index (χ1) is 8.04. The average Bonchev–Trinajstić information content (AvgIpc) is 3.00. The molecule has 0 N–H and O–H groups in total. The van der Waals surface area contributed by atoms with E-state index in [2.05, 4.69) is 4.74 Å². The Morgan fingerprint density at radius 3 is 2.76 bits per heavy atom. The molecule has 1 saturated heterocycles. The van der Waals surface area contributed by atoms with Gasteiger partial charge in [0.25, 0.3) is 0 Å². The van der Waals surface area contributed by atoms with Crippen LogP contribution in [0.4, 0.5) is 4.39 Å². The summed E-state index contributed by atoms with van der Waals surface area (Å²) < 4.78 is 28.7. The van der Waals surface area contributed by atoms with Gasteiger partial charge in [-0.15, -0.1) is 0 Å². The minimum Gasteiger partial charge on any atom is -0.496 e. The lowest BCUT2D eigenvalue weighted by atomic mass is 9.95. The number of epoxide rings is 1. The number of carbonyl (C=O) groups is 1. The van der Waals surface area contributed by atoms with E-state index in [0.29, 0.717) is 5.75 Å². The molecule has 17 heavy (non-hydrogen) atoms. The summed E-state index contributed by atoms with van der Waals surface area (Å²) in [6, 6.07) is 4.47. The maximum Gasteiger partial charge on any atom is 0.338 e. The summed E-state index contributed by atoms with van der Waals surface area (Å²) in [6.45, 7) is 1.63. The number of halogens is 1. The van der Waals surface area contributed by atoms with Gasteiger partial charge in [0, 0.05) is 0 Å². The molecular weight excluding hydrogens is 227 g/mol. The normalized spacial score (nSPS) is 26.5. The first-order valence-electron chi connectivity index (χ1n) is 5.13. The molecule has 2 atom stereocenters. The van der Waals surface area contributed by atoms with Crippen molar-refractivity contribution in [2.45, 2.75) is 18.6 Å². The fourth-order valence-electron chi connectivity index (χ4n) is 1.94. The molecule has 1 heterocycles. The van der Waals surface area contributed by atoms with Gasteiger partial charge in [0.15, 0.2) is 6.10 Å². The molecule has 1 fully saturated rings. The number of methoxy groups -OCH3 is 2. The lowest BCUT2D eigenvalue weighted by molar-refractivity contribution is -0.142. The second-order valence-electron chi connectivity index (χ2n) is 3.95. The molecule has 2 rings (SSSR count). The molecule has 2 unspecified atom stereocenters. The Labute approximate surface area is 98.3 Å². The first kappa shape index (κ1) is 11.9. The summed E-state index contributed by atoms with van der Waals surface area (Å²) in [7, 11) is 2.71. The highest BCUT2D eigenvalue weighted by atomic mass is 19.1. The summed E-state index contributed by atoms with van der Waals surface area (Å²) in [6.07, 6.45) is -0.779. The second-order valence-corrected chi connectivity index (χ2v) is 3.95. The van der Waals surface area contributed by atoms with Crippen LogP contribution in [0, 0.1) is 5.82 Å². The Hall–Kier alpha value is -1.62. The zero-order valence-electron chi connectivity index (χ0n) is 9.82. The highest BCUT2D eigenvalue weighted by molar-refractivity contribution is 5.80. The zero-order valence-corrected chi connectivity index (χ0v) is 9.82. The van der Waals surface area contributed by atoms with E-state index in [-0.39, 0.29) is 5.56 Å². The summed E-state index contributed by atoms with van der Waals surface area (Å²) >= 11 is 0. The van der Waals surface area contributed by atoms with Crippen LogP contribution in [0.1, 0.15) is 12.5 Å². The molecular formula is C12H13FO4. The molecule has 0 aromatic heterocycles. The van der Waals surface area contributed by atoms with Crippen molar-refractivity contribution in [1.29, 1.82) is 0 Å². The van der Waals surface area contributed by atoms with Crippen LogP contribution in [0.5, 0.6) is 5.75 Å². The van der Waals surface area contributed by atoms with Crippen LogP contribution in [-0.4, -0.2) is 26.3 Å². The third-order valence-electron chi connectivity index (χ3n) is 2.91. The predicted molar refractivity (Wildman–Crippen MR) is 57.2 cm³/mol. The van der Waals surface area contributed by atoms with Crippen molar-refractivity contribution in [3.63, 3.8) is 0 Å². The molecule has 0 spiro atoms. The van der Waals surface area contributed by atoms with E-state index >= 15 is 0 Å². The molecule has 0 radical (unpaired) electrons. The molecule has 0 aliphatic carbocycles. The number of rotatable bonds is 3. The SMILES string of the molecule is COC(=O)C1OC1(C)c1c(F)cccc1OC. The van der Waals surface area contributed by atoms with Gasteiger partial charge < -0.3 is 14.2 Å². The van der Waals surface area contributed by atoms with E-state index in [1.807, 2.05) is 0 Å². The fraction of sp³-hybridized carbons (Fsp3) is 0.417. The number of hydrogen-bond acceptors (Lipinski definition) is 4. The monoisotopic (exact) mass is 240 g/mol. The third kappa shape index (κ3) is 1.76. The average molecular weight is 240 g/mol. The largest absolute Gasteiger partial charge is 0.496 e.